The Bertz CT molecular complexity index is 309. The zero-order chi connectivity index (χ0) is 13.2. The predicted octanol–water partition coefficient (Wildman–Crippen LogP) is 0.546. The van der Waals surface area contributed by atoms with Crippen LogP contribution in [0.5, 0.6) is 0 Å². The third-order valence-corrected chi connectivity index (χ3v) is 2.64. The molecule has 1 amide bonds. The highest BCUT2D eigenvalue weighted by molar-refractivity contribution is 5.74. The zero-order valence-corrected chi connectivity index (χ0v) is 10.3. The maximum Gasteiger partial charge on any atom is 0.410 e. The Morgan fingerprint density at radius 1 is 1.35 bits per heavy atom. The van der Waals surface area contributed by atoms with Gasteiger partial charge in [0.05, 0.1) is 5.92 Å². The van der Waals surface area contributed by atoms with E-state index in [4.69, 9.17) is 14.9 Å². The maximum atomic E-state index is 11.7. The van der Waals surface area contributed by atoms with Gasteiger partial charge in [-0.2, -0.15) is 0 Å². The van der Waals surface area contributed by atoms with E-state index in [1.54, 1.807) is 20.8 Å². The Balaban J connectivity index is 2.64. The first-order valence-corrected chi connectivity index (χ1v) is 5.56. The molecule has 1 saturated heterocycles. The maximum absolute atomic E-state index is 11.7. The highest BCUT2D eigenvalue weighted by atomic mass is 16.6. The van der Waals surface area contributed by atoms with Crippen LogP contribution in [0.2, 0.25) is 0 Å². The highest BCUT2D eigenvalue weighted by Crippen LogP contribution is 2.25. The van der Waals surface area contributed by atoms with Crippen molar-refractivity contribution in [2.45, 2.75) is 26.4 Å². The molecule has 98 valence electrons. The average Bonchev–Trinajstić information content (AvgIpc) is 2.58. The van der Waals surface area contributed by atoms with E-state index in [0.29, 0.717) is 0 Å². The summed E-state index contributed by atoms with van der Waals surface area (Å²) < 4.78 is 5.15. The summed E-state index contributed by atoms with van der Waals surface area (Å²) in [6, 6.07) is 0. The SMILES string of the molecule is CC(C)(C)OC(=O)N1CC(CO)C(C(=O)O)C1. The van der Waals surface area contributed by atoms with E-state index < -0.39 is 29.5 Å². The predicted molar refractivity (Wildman–Crippen MR) is 59.5 cm³/mol. The number of hydrogen-bond acceptors (Lipinski definition) is 4. The monoisotopic (exact) mass is 245 g/mol. The molecule has 0 bridgehead atoms. The summed E-state index contributed by atoms with van der Waals surface area (Å²) in [5.41, 5.74) is -0.604. The number of ether oxygens (including phenoxy) is 1. The molecule has 1 heterocycles. The summed E-state index contributed by atoms with van der Waals surface area (Å²) in [6.45, 7) is 5.33. The number of rotatable bonds is 2. The van der Waals surface area contributed by atoms with Crippen molar-refractivity contribution in [1.82, 2.24) is 4.90 Å². The topological polar surface area (TPSA) is 87.1 Å². The number of carboxylic acids is 1. The van der Waals surface area contributed by atoms with Gasteiger partial charge < -0.3 is 19.8 Å². The molecule has 2 atom stereocenters. The number of likely N-dealkylation sites (tertiary alicyclic amines) is 1. The van der Waals surface area contributed by atoms with Crippen molar-refractivity contribution in [2.24, 2.45) is 11.8 Å². The van der Waals surface area contributed by atoms with Gasteiger partial charge in [0, 0.05) is 25.6 Å². The molecule has 17 heavy (non-hydrogen) atoms. The summed E-state index contributed by atoms with van der Waals surface area (Å²) in [5, 5.41) is 18.0. The van der Waals surface area contributed by atoms with Crippen LogP contribution in [-0.2, 0) is 9.53 Å². The molecule has 1 aliphatic heterocycles. The van der Waals surface area contributed by atoms with Crippen molar-refractivity contribution in [2.75, 3.05) is 19.7 Å². The largest absolute Gasteiger partial charge is 0.481 e. The number of aliphatic hydroxyl groups is 1. The molecule has 0 aromatic heterocycles. The van der Waals surface area contributed by atoms with Crippen LogP contribution in [0.4, 0.5) is 4.79 Å². The van der Waals surface area contributed by atoms with E-state index in [-0.39, 0.29) is 19.7 Å². The fourth-order valence-corrected chi connectivity index (χ4v) is 1.81. The number of carbonyl (C=O) groups is 2. The van der Waals surface area contributed by atoms with Gasteiger partial charge in [-0.05, 0) is 20.8 Å². The molecule has 0 aromatic carbocycles. The Morgan fingerprint density at radius 3 is 2.29 bits per heavy atom. The zero-order valence-electron chi connectivity index (χ0n) is 10.3. The third-order valence-electron chi connectivity index (χ3n) is 2.64. The number of nitrogens with zero attached hydrogens (tertiary/aromatic N) is 1. The van der Waals surface area contributed by atoms with Crippen molar-refractivity contribution in [3.63, 3.8) is 0 Å². The second kappa shape index (κ2) is 4.91. The summed E-state index contributed by atoms with van der Waals surface area (Å²) >= 11 is 0. The lowest BCUT2D eigenvalue weighted by Gasteiger charge is -2.24. The Kier molecular flexibility index (Phi) is 3.98. The van der Waals surface area contributed by atoms with Crippen LogP contribution >= 0.6 is 0 Å². The second-order valence-corrected chi connectivity index (χ2v) is 5.27. The number of aliphatic hydroxyl groups excluding tert-OH is 1. The lowest BCUT2D eigenvalue weighted by Crippen LogP contribution is -2.36. The van der Waals surface area contributed by atoms with E-state index in [1.165, 1.54) is 4.90 Å². The van der Waals surface area contributed by atoms with Crippen LogP contribution in [0.1, 0.15) is 20.8 Å². The van der Waals surface area contributed by atoms with Gasteiger partial charge in [0.25, 0.3) is 0 Å². The molecule has 1 aliphatic rings. The molecule has 6 nitrogen and oxygen atoms in total. The molecule has 0 aromatic rings. The number of carbonyl (C=O) groups excluding carboxylic acids is 1. The van der Waals surface area contributed by atoms with Gasteiger partial charge in [-0.1, -0.05) is 0 Å². The van der Waals surface area contributed by atoms with Crippen molar-refractivity contribution in [1.29, 1.82) is 0 Å². The van der Waals surface area contributed by atoms with Gasteiger partial charge in [0.2, 0.25) is 0 Å². The van der Waals surface area contributed by atoms with Crippen molar-refractivity contribution < 1.29 is 24.5 Å². The normalized spacial score (nSPS) is 24.8. The van der Waals surface area contributed by atoms with Gasteiger partial charge in [0.1, 0.15) is 5.60 Å². The van der Waals surface area contributed by atoms with E-state index in [0.717, 1.165) is 0 Å². The molecule has 0 spiro atoms. The average molecular weight is 245 g/mol. The van der Waals surface area contributed by atoms with Crippen LogP contribution in [-0.4, -0.2) is 52.5 Å². The van der Waals surface area contributed by atoms with Gasteiger partial charge in [-0.3, -0.25) is 4.79 Å². The van der Waals surface area contributed by atoms with Crippen molar-refractivity contribution in [3.05, 3.63) is 0 Å². The second-order valence-electron chi connectivity index (χ2n) is 5.27. The quantitative estimate of drug-likeness (QED) is 0.741. The van der Waals surface area contributed by atoms with Gasteiger partial charge in [-0.15, -0.1) is 0 Å². The van der Waals surface area contributed by atoms with Gasteiger partial charge in [-0.25, -0.2) is 4.79 Å². The minimum atomic E-state index is -0.991. The van der Waals surface area contributed by atoms with E-state index in [1.807, 2.05) is 0 Å². The van der Waals surface area contributed by atoms with Crippen LogP contribution in [0.3, 0.4) is 0 Å². The molecule has 0 aliphatic carbocycles. The summed E-state index contributed by atoms with van der Waals surface area (Å²) in [4.78, 5) is 24.0. The third kappa shape index (κ3) is 3.59. The molecule has 1 fully saturated rings. The van der Waals surface area contributed by atoms with Crippen molar-refractivity contribution in [3.8, 4) is 0 Å². The molecule has 0 saturated carbocycles. The molecule has 2 unspecified atom stereocenters. The van der Waals surface area contributed by atoms with E-state index in [2.05, 4.69) is 0 Å². The lowest BCUT2D eigenvalue weighted by molar-refractivity contribution is -0.142. The number of aliphatic carboxylic acids is 1. The summed E-state index contributed by atoms with van der Waals surface area (Å²) in [6.07, 6.45) is -0.528. The Morgan fingerprint density at radius 2 is 1.94 bits per heavy atom. The van der Waals surface area contributed by atoms with Crippen molar-refractivity contribution >= 4 is 12.1 Å². The lowest BCUT2D eigenvalue weighted by atomic mass is 9.97. The van der Waals surface area contributed by atoms with E-state index in [9.17, 15) is 9.59 Å². The molecular formula is C11H19NO5. The molecule has 0 radical (unpaired) electrons. The Labute approximate surface area is 100 Å². The van der Waals surface area contributed by atoms with Gasteiger partial charge in [0.15, 0.2) is 0 Å². The van der Waals surface area contributed by atoms with Crippen LogP contribution in [0, 0.1) is 11.8 Å². The fraction of sp³-hybridized carbons (Fsp3) is 0.818. The first-order chi connectivity index (χ1) is 7.74. The van der Waals surface area contributed by atoms with Gasteiger partial charge >= 0.3 is 12.1 Å². The highest BCUT2D eigenvalue weighted by Gasteiger charge is 2.40. The molecule has 6 heteroatoms. The fourth-order valence-electron chi connectivity index (χ4n) is 1.81. The molecule has 1 rings (SSSR count). The minimum Gasteiger partial charge on any atom is -0.481 e. The number of hydrogen-bond donors (Lipinski definition) is 2. The van der Waals surface area contributed by atoms with Crippen LogP contribution in [0.25, 0.3) is 0 Å². The Hall–Kier alpha value is -1.30. The molecule has 2 N–H and O–H groups in total. The number of carboxylic acid groups (broad SMARTS) is 1. The van der Waals surface area contributed by atoms with Crippen LogP contribution in [0.15, 0.2) is 0 Å². The first-order valence-electron chi connectivity index (χ1n) is 5.56. The van der Waals surface area contributed by atoms with E-state index >= 15 is 0 Å². The number of amides is 1. The standard InChI is InChI=1S/C11H19NO5/c1-11(2,3)17-10(16)12-4-7(6-13)8(5-12)9(14)15/h7-8,13H,4-6H2,1-3H3,(H,14,15). The smallest absolute Gasteiger partial charge is 0.410 e. The summed E-state index contributed by atoms with van der Waals surface area (Å²) in [5.74, 6) is -2.12. The summed E-state index contributed by atoms with van der Waals surface area (Å²) in [7, 11) is 0. The first kappa shape index (κ1) is 13.8. The minimum absolute atomic E-state index is 0.0927. The van der Waals surface area contributed by atoms with Crippen LogP contribution < -0.4 is 0 Å². The molecular weight excluding hydrogens is 226 g/mol.